The lowest BCUT2D eigenvalue weighted by Gasteiger charge is -2.35. The van der Waals surface area contributed by atoms with E-state index >= 15 is 0 Å². The van der Waals surface area contributed by atoms with Crippen LogP contribution in [0.3, 0.4) is 0 Å². The summed E-state index contributed by atoms with van der Waals surface area (Å²) in [5.74, 6) is -0.240. The lowest BCUT2D eigenvalue weighted by Crippen LogP contribution is -2.44. The molecule has 1 aromatic carbocycles. The van der Waals surface area contributed by atoms with Gasteiger partial charge in [-0.2, -0.15) is 0 Å². The fraction of sp³-hybridized carbons (Fsp3) is 0.500. The zero-order valence-electron chi connectivity index (χ0n) is 11.2. The monoisotopic (exact) mass is 265 g/mol. The van der Waals surface area contributed by atoms with Crippen LogP contribution in [0.5, 0.6) is 0 Å². The first kappa shape index (κ1) is 13.8. The number of rotatable bonds is 3. The molecule has 0 saturated carbocycles. The quantitative estimate of drug-likeness (QED) is 0.868. The van der Waals surface area contributed by atoms with Crippen LogP contribution in [0.2, 0.25) is 0 Å². The maximum absolute atomic E-state index is 13.7. The van der Waals surface area contributed by atoms with Crippen molar-refractivity contribution in [2.45, 2.75) is 32.4 Å². The number of hydrogen-bond acceptors (Lipinski definition) is 3. The van der Waals surface area contributed by atoms with Gasteiger partial charge in [0.25, 0.3) is 0 Å². The molecule has 4 nitrogen and oxygen atoms in total. The summed E-state index contributed by atoms with van der Waals surface area (Å²) in [5.41, 5.74) is 7.08. The van der Waals surface area contributed by atoms with Crippen molar-refractivity contribution in [1.82, 2.24) is 5.32 Å². The predicted molar refractivity (Wildman–Crippen MR) is 73.3 cm³/mol. The van der Waals surface area contributed by atoms with Crippen molar-refractivity contribution in [2.75, 3.05) is 18.0 Å². The molecule has 1 aliphatic rings. The van der Waals surface area contributed by atoms with Crippen LogP contribution in [0.25, 0.3) is 0 Å². The highest BCUT2D eigenvalue weighted by Crippen LogP contribution is 2.25. The van der Waals surface area contributed by atoms with Crippen molar-refractivity contribution in [2.24, 2.45) is 5.73 Å². The maximum atomic E-state index is 13.7. The molecule has 0 aromatic heterocycles. The first-order valence-electron chi connectivity index (χ1n) is 6.61. The Labute approximate surface area is 112 Å². The van der Waals surface area contributed by atoms with Gasteiger partial charge in [0, 0.05) is 43.9 Å². The zero-order chi connectivity index (χ0) is 13.8. The molecule has 104 valence electrons. The van der Waals surface area contributed by atoms with Crippen LogP contribution in [-0.4, -0.2) is 25.0 Å². The summed E-state index contributed by atoms with van der Waals surface area (Å²) >= 11 is 0. The van der Waals surface area contributed by atoms with Gasteiger partial charge in [0.1, 0.15) is 5.82 Å². The number of anilines is 1. The van der Waals surface area contributed by atoms with E-state index in [0.29, 0.717) is 5.56 Å². The van der Waals surface area contributed by atoms with Crippen LogP contribution >= 0.6 is 0 Å². The van der Waals surface area contributed by atoms with Crippen LogP contribution in [0, 0.1) is 5.82 Å². The Hall–Kier alpha value is -1.62. The molecule has 1 aromatic rings. The summed E-state index contributed by atoms with van der Waals surface area (Å²) in [5, 5.41) is 2.93. The van der Waals surface area contributed by atoms with E-state index in [0.717, 1.165) is 31.6 Å². The summed E-state index contributed by atoms with van der Waals surface area (Å²) < 4.78 is 13.7. The third kappa shape index (κ3) is 3.23. The molecule has 1 aliphatic heterocycles. The van der Waals surface area contributed by atoms with Crippen molar-refractivity contribution in [1.29, 1.82) is 0 Å². The molecule has 0 spiro atoms. The largest absolute Gasteiger partial charge is 0.371 e. The van der Waals surface area contributed by atoms with E-state index in [2.05, 4.69) is 10.2 Å². The van der Waals surface area contributed by atoms with Crippen molar-refractivity contribution >= 4 is 11.6 Å². The fourth-order valence-electron chi connectivity index (χ4n) is 2.60. The van der Waals surface area contributed by atoms with E-state index < -0.39 is 0 Å². The predicted octanol–water partition coefficient (Wildman–Crippen LogP) is 1.39. The Kier molecular flexibility index (Phi) is 4.37. The smallest absolute Gasteiger partial charge is 0.217 e. The minimum atomic E-state index is -0.246. The molecule has 1 saturated heterocycles. The molecule has 1 heterocycles. The van der Waals surface area contributed by atoms with Gasteiger partial charge in [-0.15, -0.1) is 0 Å². The third-order valence-corrected chi connectivity index (χ3v) is 3.54. The molecule has 0 bridgehead atoms. The normalized spacial score (nSPS) is 16.5. The molecular formula is C14H20FN3O. The Morgan fingerprint density at radius 2 is 2.16 bits per heavy atom. The summed E-state index contributed by atoms with van der Waals surface area (Å²) in [6.45, 7) is 3.35. The highest BCUT2D eigenvalue weighted by Gasteiger charge is 2.22. The molecule has 19 heavy (non-hydrogen) atoms. The number of carbonyl (C=O) groups excluding carboxylic acids is 1. The number of hydrogen-bond donors (Lipinski definition) is 2. The zero-order valence-corrected chi connectivity index (χ0v) is 11.2. The van der Waals surface area contributed by atoms with Crippen LogP contribution in [0.15, 0.2) is 18.2 Å². The number of benzene rings is 1. The summed E-state index contributed by atoms with van der Waals surface area (Å²) in [6.07, 6.45) is 1.75. The molecular weight excluding hydrogens is 245 g/mol. The molecule has 3 N–H and O–H groups in total. The molecule has 1 amide bonds. The number of carbonyl (C=O) groups is 1. The Morgan fingerprint density at radius 3 is 2.74 bits per heavy atom. The lowest BCUT2D eigenvalue weighted by molar-refractivity contribution is -0.119. The maximum Gasteiger partial charge on any atom is 0.217 e. The highest BCUT2D eigenvalue weighted by molar-refractivity contribution is 5.73. The van der Waals surface area contributed by atoms with Gasteiger partial charge in [-0.25, -0.2) is 4.39 Å². The molecule has 0 unspecified atom stereocenters. The number of nitrogens with one attached hydrogen (secondary N) is 1. The van der Waals surface area contributed by atoms with Gasteiger partial charge in [-0.3, -0.25) is 4.79 Å². The first-order chi connectivity index (χ1) is 9.11. The molecule has 1 fully saturated rings. The Morgan fingerprint density at radius 1 is 1.47 bits per heavy atom. The second-order valence-corrected chi connectivity index (χ2v) is 4.90. The summed E-state index contributed by atoms with van der Waals surface area (Å²) in [7, 11) is 0. The molecule has 0 radical (unpaired) electrons. The average Bonchev–Trinajstić information content (AvgIpc) is 2.38. The standard InChI is InChI=1S/C14H20FN3O/c1-10(19)17-11-5-7-18(8-6-11)14-4-2-3-13(15)12(14)9-16/h2-4,11H,5-9,16H2,1H3,(H,17,19). The molecule has 5 heteroatoms. The van der Waals surface area contributed by atoms with E-state index in [9.17, 15) is 9.18 Å². The van der Waals surface area contributed by atoms with Gasteiger partial charge in [0.2, 0.25) is 5.91 Å². The van der Waals surface area contributed by atoms with E-state index in [1.54, 1.807) is 6.07 Å². The molecule has 0 atom stereocenters. The van der Waals surface area contributed by atoms with Crippen molar-refractivity contribution in [3.8, 4) is 0 Å². The number of piperidine rings is 1. The topological polar surface area (TPSA) is 58.4 Å². The van der Waals surface area contributed by atoms with Crippen LogP contribution in [0.4, 0.5) is 10.1 Å². The van der Waals surface area contributed by atoms with E-state index in [-0.39, 0.29) is 24.3 Å². The van der Waals surface area contributed by atoms with Gasteiger partial charge in [0.05, 0.1) is 0 Å². The second-order valence-electron chi connectivity index (χ2n) is 4.90. The number of nitrogens with two attached hydrogens (primary N) is 1. The highest BCUT2D eigenvalue weighted by atomic mass is 19.1. The Bertz CT molecular complexity index is 456. The van der Waals surface area contributed by atoms with Crippen LogP contribution in [-0.2, 0) is 11.3 Å². The minimum absolute atomic E-state index is 0.00635. The van der Waals surface area contributed by atoms with Gasteiger partial charge >= 0.3 is 0 Å². The van der Waals surface area contributed by atoms with Crippen molar-refractivity contribution in [3.63, 3.8) is 0 Å². The second kappa shape index (κ2) is 6.02. The SMILES string of the molecule is CC(=O)NC1CCN(c2cccc(F)c2CN)CC1. The number of nitrogens with zero attached hydrogens (tertiary/aromatic N) is 1. The van der Waals surface area contributed by atoms with Crippen molar-refractivity contribution < 1.29 is 9.18 Å². The number of amides is 1. The molecule has 2 rings (SSSR count). The van der Waals surface area contributed by atoms with Crippen LogP contribution < -0.4 is 16.0 Å². The third-order valence-electron chi connectivity index (χ3n) is 3.54. The minimum Gasteiger partial charge on any atom is -0.371 e. The average molecular weight is 265 g/mol. The van der Waals surface area contributed by atoms with Gasteiger partial charge in [-0.05, 0) is 25.0 Å². The van der Waals surface area contributed by atoms with Gasteiger partial charge < -0.3 is 16.0 Å². The number of halogens is 1. The van der Waals surface area contributed by atoms with E-state index in [1.165, 1.54) is 13.0 Å². The van der Waals surface area contributed by atoms with Crippen LogP contribution in [0.1, 0.15) is 25.3 Å². The molecule has 0 aliphatic carbocycles. The lowest BCUT2D eigenvalue weighted by atomic mass is 10.0. The fourth-order valence-corrected chi connectivity index (χ4v) is 2.60. The first-order valence-corrected chi connectivity index (χ1v) is 6.61. The van der Waals surface area contributed by atoms with E-state index in [1.807, 2.05) is 6.07 Å². The van der Waals surface area contributed by atoms with E-state index in [4.69, 9.17) is 5.73 Å². The van der Waals surface area contributed by atoms with Gasteiger partial charge in [0.15, 0.2) is 0 Å². The summed E-state index contributed by atoms with van der Waals surface area (Å²) in [6, 6.07) is 5.28. The van der Waals surface area contributed by atoms with Gasteiger partial charge in [-0.1, -0.05) is 6.07 Å². The summed E-state index contributed by atoms with van der Waals surface area (Å²) in [4.78, 5) is 13.2. The van der Waals surface area contributed by atoms with Crippen molar-refractivity contribution in [3.05, 3.63) is 29.6 Å². The Balaban J connectivity index is 2.05.